The van der Waals surface area contributed by atoms with Crippen LogP contribution in [0.3, 0.4) is 0 Å². The molecule has 12 bridgehead atoms. The summed E-state index contributed by atoms with van der Waals surface area (Å²) in [6, 6.07) is -0.734. The van der Waals surface area contributed by atoms with Crippen molar-refractivity contribution in [1.82, 2.24) is 71.0 Å². The Hall–Kier alpha value is -9.37. The van der Waals surface area contributed by atoms with Gasteiger partial charge < -0.3 is 85.8 Å². The topological polar surface area (TPSA) is 471 Å². The van der Waals surface area contributed by atoms with E-state index >= 15 is 19.2 Å². The number of aliphatic hydroxyl groups is 1. The minimum atomic E-state index is -3.92. The molecule has 10 N–H and O–H groups in total. The van der Waals surface area contributed by atoms with Crippen LogP contribution in [0.2, 0.25) is 0 Å². The number of likely N-dealkylation sites (N-methyl/N-ethyl adjacent to an activating group) is 1. The normalized spacial score (nSPS) is 24.3. The Kier molecular flexibility index (Phi) is 21.3. The number of rotatable bonds is 13. The summed E-state index contributed by atoms with van der Waals surface area (Å²) in [5.41, 5.74) is 3.06. The maximum atomic E-state index is 15.3. The zero-order valence-corrected chi connectivity index (χ0v) is 62.4. The minimum Gasteiger partial charge on any atom is -0.506 e. The highest BCUT2D eigenvalue weighted by Gasteiger charge is 2.54. The maximum Gasteiger partial charge on any atom is 0.358 e. The summed E-state index contributed by atoms with van der Waals surface area (Å²) in [5.74, 6) is -9.73. The third-order valence-corrected chi connectivity index (χ3v) is 24.3. The first-order chi connectivity index (χ1) is 50.5. The van der Waals surface area contributed by atoms with E-state index in [1.807, 2.05) is 25.8 Å². The van der Waals surface area contributed by atoms with E-state index in [2.05, 4.69) is 41.5 Å². The van der Waals surface area contributed by atoms with Crippen molar-refractivity contribution >= 4 is 131 Å². The summed E-state index contributed by atoms with van der Waals surface area (Å²) >= 11 is 4.37. The number of aromatic hydroxyl groups is 1. The first-order valence-corrected chi connectivity index (χ1v) is 38.8. The highest BCUT2D eigenvalue weighted by Crippen LogP contribution is 2.44. The highest BCUT2D eigenvalue weighted by atomic mass is 32.2. The van der Waals surface area contributed by atoms with Gasteiger partial charge in [-0.25, -0.2) is 47.9 Å². The van der Waals surface area contributed by atoms with E-state index in [1.165, 1.54) is 60.0 Å². The molecule has 12 heterocycles. The van der Waals surface area contributed by atoms with Gasteiger partial charge in [0.1, 0.15) is 126 Å². The second-order valence-electron chi connectivity index (χ2n) is 25.9. The molecule has 11 atom stereocenters. The van der Waals surface area contributed by atoms with Crippen LogP contribution in [0.4, 0.5) is 0 Å². The number of pyridine rings is 1. The fourth-order valence-electron chi connectivity index (χ4n) is 12.9. The summed E-state index contributed by atoms with van der Waals surface area (Å²) in [5, 5.41) is 55.6. The number of amides is 6. The third kappa shape index (κ3) is 15.1. The Morgan fingerprint density at radius 2 is 1.55 bits per heavy atom. The number of carbonyl (C=O) groups is 8. The summed E-state index contributed by atoms with van der Waals surface area (Å²) < 4.78 is 71.0. The molecule has 1 aromatic carbocycles. The van der Waals surface area contributed by atoms with Crippen LogP contribution in [0.5, 0.6) is 5.75 Å². The summed E-state index contributed by atoms with van der Waals surface area (Å²) in [6.07, 6.45) is -6.87. The summed E-state index contributed by atoms with van der Waals surface area (Å²) in [4.78, 5) is 148. The van der Waals surface area contributed by atoms with Crippen LogP contribution in [-0.2, 0) is 70.6 Å². The number of primary amides is 1. The Bertz CT molecular complexity index is 4990. The number of fused-ring (bicyclic) bond motifs is 16. The average molecular weight is 1570 g/mol. The molecule has 0 radical (unpaired) electrons. The van der Waals surface area contributed by atoms with Crippen molar-refractivity contribution in [2.75, 3.05) is 59.6 Å². The van der Waals surface area contributed by atoms with Crippen molar-refractivity contribution in [3.8, 4) is 38.4 Å². The van der Waals surface area contributed by atoms with E-state index < -0.39 is 155 Å². The van der Waals surface area contributed by atoms with Gasteiger partial charge in [0.25, 0.3) is 23.6 Å². The van der Waals surface area contributed by atoms with Crippen LogP contribution < -0.4 is 32.3 Å². The Morgan fingerprint density at radius 1 is 0.868 bits per heavy atom. The molecule has 2 fully saturated rings. The van der Waals surface area contributed by atoms with E-state index in [0.29, 0.717) is 10.3 Å². The monoisotopic (exact) mass is 1570 g/mol. The average Bonchev–Trinajstić information content (AvgIpc) is 1.57. The number of cyclic esters (lactones) is 2. The molecule has 13 rings (SSSR count). The molecule has 5 aliphatic rings. The number of nitrogens with zero attached hydrogens (tertiary/aromatic N) is 9. The number of methoxy groups -OCH3 is 1. The van der Waals surface area contributed by atoms with E-state index in [4.69, 9.17) is 53.8 Å². The van der Waals surface area contributed by atoms with Gasteiger partial charge in [-0.1, -0.05) is 12.1 Å². The van der Waals surface area contributed by atoms with Crippen LogP contribution in [0, 0.1) is 0 Å². The van der Waals surface area contributed by atoms with Crippen molar-refractivity contribution in [2.45, 2.75) is 114 Å². The quantitative estimate of drug-likeness (QED) is 0.0455. The zero-order chi connectivity index (χ0) is 75.5. The predicted octanol–water partition coefficient (Wildman–Crippen LogP) is 3.09. The van der Waals surface area contributed by atoms with Crippen molar-refractivity contribution in [3.05, 3.63) is 112 Å². The number of thiazole rings is 5. The molecule has 6 amide bonds. The number of nitrogens with one attached hydrogen (secondary N) is 5. The van der Waals surface area contributed by atoms with Gasteiger partial charge in [-0.2, -0.15) is 4.73 Å². The first-order valence-electron chi connectivity index (χ1n) is 32.6. The molecule has 106 heavy (non-hydrogen) atoms. The molecule has 35 nitrogen and oxygen atoms in total. The molecular formula is C65H69N15O20S6. The SMILES string of the molecule is CO/C(C)=C1/NC(=O)C(C(C)O)NC(=O)c2csc(n2)-c2cc(O)c(-c3nc(C(=O)NC(CS(=O)(=O)CCN(C)C)C(N)=O)cs3)nc2-c2csc(n2)C2COC(=O)c3c4c5c(cccc5n3O)COC(=O)C(OC3CC5(C)OCN(C)C5C(C)O3)C(OC4)C(NC(=O)c3csc1n3)c1nc(cs1)C(=O)N2. The van der Waals surface area contributed by atoms with Crippen molar-refractivity contribution < 1.29 is 95.4 Å². The standard InChI is InChI=1S/C65H69N15O20S6/c1-26(81)43-57(88)76-44(27(2)94-8)60-71-37(23-103-60)56(87)77-47-49-50(100-41-15-65(4)51(28(3)99-41)79(7)25-98-65)64(90)96-16-29-10-9-11-39-42(29)31(17-95-49)48(80(39)91)63(89)97-18-32(67-53(84)34-22-105-62(47)73-34)59-69-33(19-102-59)45-30(58-70-36(20-101-58)55(86)75-43)14-40(82)46(74-45)61-72-35(21-104-61)54(85)68-38(52(66)83)24-106(92,93)13-12-78(5)6/h9-11,14,19-23,26,28,32,38,41,43,47,49-51,81-82,91H,12-13,15-18,24-25H2,1-8H3,(H2,66,83)(H,67,84)(H,68,85)(H,75,86)(H,76,88)(H,77,87)/b44-27+. The number of benzene rings is 1. The van der Waals surface area contributed by atoms with Crippen LogP contribution in [0.25, 0.3) is 49.3 Å². The number of sulfone groups is 1. The predicted molar refractivity (Wildman–Crippen MR) is 380 cm³/mol. The lowest BCUT2D eigenvalue weighted by Crippen LogP contribution is -2.58. The summed E-state index contributed by atoms with van der Waals surface area (Å²) in [6.45, 7) is 5.04. The van der Waals surface area contributed by atoms with E-state index in [0.717, 1.165) is 56.7 Å². The molecule has 5 aliphatic heterocycles. The zero-order valence-electron chi connectivity index (χ0n) is 57.5. The largest absolute Gasteiger partial charge is 0.506 e. The number of carbonyl (C=O) groups excluding carboxylic acids is 8. The van der Waals surface area contributed by atoms with Gasteiger partial charge in [0.15, 0.2) is 27.9 Å². The lowest BCUT2D eigenvalue weighted by molar-refractivity contribution is -0.268. The molecule has 0 saturated carbocycles. The number of aliphatic hydroxyl groups excluding tert-OH is 1. The number of ether oxygens (including phenoxy) is 7. The van der Waals surface area contributed by atoms with Crippen LogP contribution in [0.1, 0.15) is 125 Å². The fourth-order valence-corrected chi connectivity index (χ4v) is 18.6. The van der Waals surface area contributed by atoms with Gasteiger partial charge in [-0.3, -0.25) is 33.7 Å². The fraction of sp³-hybridized carbons (Fsp3) is 0.415. The van der Waals surface area contributed by atoms with Gasteiger partial charge in [0.2, 0.25) is 11.8 Å². The van der Waals surface area contributed by atoms with E-state index in [9.17, 15) is 43.0 Å². The van der Waals surface area contributed by atoms with E-state index in [-0.39, 0.29) is 130 Å². The van der Waals surface area contributed by atoms with Gasteiger partial charge in [0, 0.05) is 56.4 Å². The Labute approximate surface area is 622 Å². The van der Waals surface area contributed by atoms with Crippen LogP contribution >= 0.6 is 56.7 Å². The first kappa shape index (κ1) is 74.9. The molecule has 0 spiro atoms. The minimum absolute atomic E-state index is 0.00440. The smallest absolute Gasteiger partial charge is 0.358 e. The third-order valence-electron chi connectivity index (χ3n) is 18.2. The van der Waals surface area contributed by atoms with Gasteiger partial charge >= 0.3 is 11.9 Å². The summed E-state index contributed by atoms with van der Waals surface area (Å²) in [7, 11) is 2.59. The Balaban J connectivity index is 0.955. The second-order valence-corrected chi connectivity index (χ2v) is 32.5. The molecule has 0 aliphatic carbocycles. The van der Waals surface area contributed by atoms with Crippen LogP contribution in [0.15, 0.2) is 56.9 Å². The molecule has 2 saturated heterocycles. The molecule has 560 valence electrons. The lowest BCUT2D eigenvalue weighted by Gasteiger charge is -2.45. The number of esters is 2. The van der Waals surface area contributed by atoms with Crippen molar-refractivity contribution in [2.24, 2.45) is 5.73 Å². The number of nitrogens with two attached hydrogens (primary N) is 1. The number of aromatic nitrogens is 7. The van der Waals surface area contributed by atoms with E-state index in [1.54, 1.807) is 31.1 Å². The second kappa shape index (κ2) is 30.1. The molecule has 8 aromatic rings. The highest BCUT2D eigenvalue weighted by molar-refractivity contribution is 7.91. The maximum absolute atomic E-state index is 15.3. The van der Waals surface area contributed by atoms with Crippen molar-refractivity contribution in [1.29, 1.82) is 0 Å². The van der Waals surface area contributed by atoms with Gasteiger partial charge in [-0.05, 0) is 66.5 Å². The molecule has 7 aromatic heterocycles. The van der Waals surface area contributed by atoms with Gasteiger partial charge in [-0.15, -0.1) is 56.7 Å². The number of allylic oxidation sites excluding steroid dienone is 1. The number of hydrogen-bond acceptors (Lipinski definition) is 33. The molecule has 41 heteroatoms. The van der Waals surface area contributed by atoms with Crippen LogP contribution in [-0.4, -0.2) is 230 Å². The van der Waals surface area contributed by atoms with Gasteiger partial charge in [0.05, 0.1) is 61.3 Å². The Morgan fingerprint density at radius 3 is 2.28 bits per heavy atom. The number of hydrogen-bond donors (Lipinski definition) is 9. The van der Waals surface area contributed by atoms with Crippen molar-refractivity contribution in [3.63, 3.8) is 0 Å². The lowest BCUT2D eigenvalue weighted by atomic mass is 9.86. The molecule has 11 unspecified atom stereocenters. The molecular weight excluding hydrogens is 1500 g/mol.